The van der Waals surface area contributed by atoms with Crippen LogP contribution in [-0.2, 0) is 11.2 Å². The second kappa shape index (κ2) is 9.00. The van der Waals surface area contributed by atoms with Gasteiger partial charge in [-0.25, -0.2) is 0 Å². The molecule has 3 rings (SSSR count). The number of amides is 1. The summed E-state index contributed by atoms with van der Waals surface area (Å²) >= 11 is 0. The standard InChI is InChI=1S/C24H23NO3/c1-3-18-9-13-21(14-10-18)25-24(27)17(2)28-22-15-11-20(12-16-22)23(26)19-7-5-4-6-8-19/h4-17H,3H2,1-2H3,(H,25,27)/t17-/m0/s1. The van der Waals surface area contributed by atoms with E-state index in [1.165, 1.54) is 5.56 Å². The predicted octanol–water partition coefficient (Wildman–Crippen LogP) is 4.89. The van der Waals surface area contributed by atoms with E-state index in [-0.39, 0.29) is 11.7 Å². The smallest absolute Gasteiger partial charge is 0.265 e. The molecule has 0 radical (unpaired) electrons. The van der Waals surface area contributed by atoms with Crippen LogP contribution in [0.3, 0.4) is 0 Å². The lowest BCUT2D eigenvalue weighted by Gasteiger charge is -2.15. The summed E-state index contributed by atoms with van der Waals surface area (Å²) in [7, 11) is 0. The van der Waals surface area contributed by atoms with Crippen LogP contribution in [0.4, 0.5) is 5.69 Å². The SMILES string of the molecule is CCc1ccc(NC(=O)[C@H](C)Oc2ccc(C(=O)c3ccccc3)cc2)cc1. The zero-order chi connectivity index (χ0) is 19.9. The van der Waals surface area contributed by atoms with Gasteiger partial charge in [-0.1, -0.05) is 49.4 Å². The lowest BCUT2D eigenvalue weighted by molar-refractivity contribution is -0.122. The van der Waals surface area contributed by atoms with Gasteiger partial charge in [0, 0.05) is 16.8 Å². The number of rotatable bonds is 7. The molecule has 1 N–H and O–H groups in total. The number of aryl methyl sites for hydroxylation is 1. The Morgan fingerprint density at radius 1 is 0.857 bits per heavy atom. The Balaban J connectivity index is 1.59. The zero-order valence-corrected chi connectivity index (χ0v) is 16.0. The summed E-state index contributed by atoms with van der Waals surface area (Å²) in [6, 6.07) is 23.7. The van der Waals surface area contributed by atoms with Crippen LogP contribution in [0.1, 0.15) is 35.3 Å². The first-order valence-corrected chi connectivity index (χ1v) is 9.33. The summed E-state index contributed by atoms with van der Waals surface area (Å²) in [6.45, 7) is 3.78. The van der Waals surface area contributed by atoms with Crippen molar-refractivity contribution in [3.8, 4) is 5.75 Å². The van der Waals surface area contributed by atoms with Crippen LogP contribution in [0, 0.1) is 0 Å². The Morgan fingerprint density at radius 3 is 2.07 bits per heavy atom. The predicted molar refractivity (Wildman–Crippen MR) is 111 cm³/mol. The maximum absolute atomic E-state index is 12.4. The fourth-order valence-corrected chi connectivity index (χ4v) is 2.77. The van der Waals surface area contributed by atoms with Crippen LogP contribution in [0.25, 0.3) is 0 Å². The molecule has 142 valence electrons. The molecule has 1 atom stereocenters. The molecule has 4 heteroatoms. The Hall–Kier alpha value is -3.40. The highest BCUT2D eigenvalue weighted by Gasteiger charge is 2.15. The Kier molecular flexibility index (Phi) is 6.22. The third kappa shape index (κ3) is 4.86. The second-order valence-corrected chi connectivity index (χ2v) is 6.52. The number of ether oxygens (including phenoxy) is 1. The highest BCUT2D eigenvalue weighted by atomic mass is 16.5. The number of nitrogens with one attached hydrogen (secondary N) is 1. The van der Waals surface area contributed by atoms with Gasteiger partial charge in [-0.15, -0.1) is 0 Å². The lowest BCUT2D eigenvalue weighted by atomic mass is 10.0. The molecule has 0 aliphatic rings. The van der Waals surface area contributed by atoms with Crippen molar-refractivity contribution in [1.29, 1.82) is 0 Å². The van der Waals surface area contributed by atoms with Gasteiger partial charge in [0.25, 0.3) is 5.91 Å². The van der Waals surface area contributed by atoms with Gasteiger partial charge in [0.2, 0.25) is 0 Å². The van der Waals surface area contributed by atoms with Crippen LogP contribution in [-0.4, -0.2) is 17.8 Å². The molecule has 4 nitrogen and oxygen atoms in total. The van der Waals surface area contributed by atoms with Crippen LogP contribution < -0.4 is 10.1 Å². The Morgan fingerprint density at radius 2 is 1.46 bits per heavy atom. The van der Waals surface area contributed by atoms with Gasteiger partial charge in [-0.3, -0.25) is 9.59 Å². The lowest BCUT2D eigenvalue weighted by Crippen LogP contribution is -2.30. The minimum absolute atomic E-state index is 0.0477. The van der Waals surface area contributed by atoms with Crippen molar-refractivity contribution >= 4 is 17.4 Å². The molecule has 0 aromatic heterocycles. The van der Waals surface area contributed by atoms with Crippen LogP contribution in [0.2, 0.25) is 0 Å². The third-order valence-corrected chi connectivity index (χ3v) is 4.46. The van der Waals surface area contributed by atoms with E-state index in [1.54, 1.807) is 43.3 Å². The van der Waals surface area contributed by atoms with Crippen molar-refractivity contribution in [3.63, 3.8) is 0 Å². The molecular formula is C24H23NO3. The van der Waals surface area contributed by atoms with Gasteiger partial charge in [-0.2, -0.15) is 0 Å². The third-order valence-electron chi connectivity index (χ3n) is 4.46. The highest BCUT2D eigenvalue weighted by Crippen LogP contribution is 2.17. The number of carbonyl (C=O) groups is 2. The molecular weight excluding hydrogens is 350 g/mol. The van der Waals surface area contributed by atoms with Gasteiger partial charge >= 0.3 is 0 Å². The minimum Gasteiger partial charge on any atom is -0.481 e. The van der Waals surface area contributed by atoms with Crippen molar-refractivity contribution in [3.05, 3.63) is 95.6 Å². The number of carbonyl (C=O) groups excluding carboxylic acids is 2. The van der Waals surface area contributed by atoms with Gasteiger partial charge in [0.15, 0.2) is 11.9 Å². The molecule has 0 fully saturated rings. The second-order valence-electron chi connectivity index (χ2n) is 6.52. The molecule has 0 saturated carbocycles. The summed E-state index contributed by atoms with van der Waals surface area (Å²) in [5, 5.41) is 2.85. The number of benzene rings is 3. The van der Waals surface area contributed by atoms with Crippen molar-refractivity contribution in [2.75, 3.05) is 5.32 Å². The molecule has 0 heterocycles. The van der Waals surface area contributed by atoms with E-state index in [4.69, 9.17) is 4.74 Å². The average Bonchev–Trinajstić information content (AvgIpc) is 2.75. The van der Waals surface area contributed by atoms with Crippen LogP contribution in [0.5, 0.6) is 5.75 Å². The Labute approximate surface area is 165 Å². The largest absolute Gasteiger partial charge is 0.481 e. The molecule has 28 heavy (non-hydrogen) atoms. The highest BCUT2D eigenvalue weighted by molar-refractivity contribution is 6.09. The number of hydrogen-bond donors (Lipinski definition) is 1. The van der Waals surface area contributed by atoms with Crippen molar-refractivity contribution < 1.29 is 14.3 Å². The fraction of sp³-hybridized carbons (Fsp3) is 0.167. The van der Waals surface area contributed by atoms with Gasteiger partial charge in [0.05, 0.1) is 0 Å². The molecule has 0 spiro atoms. The summed E-state index contributed by atoms with van der Waals surface area (Å²) in [5.41, 5.74) is 3.17. The maximum atomic E-state index is 12.4. The van der Waals surface area contributed by atoms with E-state index >= 15 is 0 Å². The number of ketones is 1. The number of hydrogen-bond acceptors (Lipinski definition) is 3. The fourth-order valence-electron chi connectivity index (χ4n) is 2.77. The first-order valence-electron chi connectivity index (χ1n) is 9.33. The van der Waals surface area contributed by atoms with E-state index in [9.17, 15) is 9.59 Å². The van der Waals surface area contributed by atoms with Crippen molar-refractivity contribution in [2.45, 2.75) is 26.4 Å². The molecule has 0 aliphatic carbocycles. The summed E-state index contributed by atoms with van der Waals surface area (Å²) in [4.78, 5) is 24.8. The van der Waals surface area contributed by atoms with Crippen LogP contribution in [0.15, 0.2) is 78.9 Å². The Bertz CT molecular complexity index is 932. The van der Waals surface area contributed by atoms with Gasteiger partial charge in [-0.05, 0) is 55.3 Å². The van der Waals surface area contributed by atoms with Gasteiger partial charge < -0.3 is 10.1 Å². The molecule has 3 aromatic rings. The zero-order valence-electron chi connectivity index (χ0n) is 16.0. The summed E-state index contributed by atoms with van der Waals surface area (Å²) in [5.74, 6) is 0.260. The normalized spacial score (nSPS) is 11.5. The number of anilines is 1. The van der Waals surface area contributed by atoms with E-state index in [1.807, 2.05) is 42.5 Å². The van der Waals surface area contributed by atoms with E-state index in [0.717, 1.165) is 12.1 Å². The molecule has 0 bridgehead atoms. The molecule has 1 amide bonds. The first kappa shape index (κ1) is 19.4. The van der Waals surface area contributed by atoms with Crippen molar-refractivity contribution in [2.24, 2.45) is 0 Å². The monoisotopic (exact) mass is 373 g/mol. The molecule has 0 saturated heterocycles. The maximum Gasteiger partial charge on any atom is 0.265 e. The summed E-state index contributed by atoms with van der Waals surface area (Å²) in [6.07, 6.45) is 0.290. The van der Waals surface area contributed by atoms with E-state index in [2.05, 4.69) is 12.2 Å². The molecule has 0 aliphatic heterocycles. The van der Waals surface area contributed by atoms with E-state index < -0.39 is 6.10 Å². The average molecular weight is 373 g/mol. The quantitative estimate of drug-likeness (QED) is 0.600. The molecule has 0 unspecified atom stereocenters. The van der Waals surface area contributed by atoms with Crippen molar-refractivity contribution in [1.82, 2.24) is 0 Å². The topological polar surface area (TPSA) is 55.4 Å². The minimum atomic E-state index is -0.665. The summed E-state index contributed by atoms with van der Waals surface area (Å²) < 4.78 is 5.71. The van der Waals surface area contributed by atoms with Gasteiger partial charge in [0.1, 0.15) is 5.75 Å². The first-order chi connectivity index (χ1) is 13.6. The van der Waals surface area contributed by atoms with Crippen LogP contribution >= 0.6 is 0 Å². The van der Waals surface area contributed by atoms with E-state index in [0.29, 0.717) is 16.9 Å². The molecule has 3 aromatic carbocycles.